The van der Waals surface area contributed by atoms with Gasteiger partial charge in [0.2, 0.25) is 0 Å². The maximum atomic E-state index is 9.02. The lowest BCUT2D eigenvalue weighted by Gasteiger charge is -2.08. The van der Waals surface area contributed by atoms with E-state index in [1.165, 1.54) is 0 Å². The van der Waals surface area contributed by atoms with Crippen molar-refractivity contribution in [2.24, 2.45) is 0 Å². The molecule has 90 valence electrons. The first-order valence-corrected chi connectivity index (χ1v) is 6.32. The van der Waals surface area contributed by atoms with Gasteiger partial charge < -0.3 is 5.32 Å². The van der Waals surface area contributed by atoms with Gasteiger partial charge in [-0.2, -0.15) is 5.26 Å². The van der Waals surface area contributed by atoms with Gasteiger partial charge in [0.05, 0.1) is 11.3 Å². The lowest BCUT2D eigenvalue weighted by molar-refractivity contribution is 0.931. The number of aromatic nitrogens is 2. The number of benzene rings is 1. The molecule has 0 amide bonds. The van der Waals surface area contributed by atoms with Crippen LogP contribution >= 0.6 is 15.9 Å². The van der Waals surface area contributed by atoms with E-state index < -0.39 is 0 Å². The second-order valence-electron chi connectivity index (χ2n) is 3.63. The molecular weight excluding hydrogens is 292 g/mol. The monoisotopic (exact) mass is 302 g/mol. The summed E-state index contributed by atoms with van der Waals surface area (Å²) >= 11 is 3.35. The molecule has 4 nitrogen and oxygen atoms in total. The molecule has 1 N–H and O–H groups in total. The lowest BCUT2D eigenvalue weighted by Crippen LogP contribution is -2.00. The summed E-state index contributed by atoms with van der Waals surface area (Å²) in [6.45, 7) is 1.99. The Kier molecular flexibility index (Phi) is 3.90. The van der Waals surface area contributed by atoms with Gasteiger partial charge in [-0.25, -0.2) is 9.97 Å². The highest BCUT2D eigenvalue weighted by Gasteiger charge is 2.05. The number of nitrogens with one attached hydrogen (secondary N) is 1. The van der Waals surface area contributed by atoms with Crippen LogP contribution in [-0.4, -0.2) is 9.97 Å². The lowest BCUT2D eigenvalue weighted by atomic mass is 10.2. The van der Waals surface area contributed by atoms with Gasteiger partial charge in [0.15, 0.2) is 0 Å². The Hall–Kier alpha value is -1.93. The van der Waals surface area contributed by atoms with Crippen LogP contribution in [-0.2, 0) is 6.42 Å². The van der Waals surface area contributed by atoms with Gasteiger partial charge in [-0.1, -0.05) is 19.1 Å². The highest BCUT2D eigenvalue weighted by molar-refractivity contribution is 9.10. The van der Waals surface area contributed by atoms with Crippen LogP contribution in [0.2, 0.25) is 0 Å². The molecule has 0 spiro atoms. The fourth-order valence-corrected chi connectivity index (χ4v) is 1.94. The molecule has 1 aromatic heterocycles. The van der Waals surface area contributed by atoms with Crippen molar-refractivity contribution < 1.29 is 0 Å². The van der Waals surface area contributed by atoms with E-state index in [9.17, 15) is 0 Å². The van der Waals surface area contributed by atoms with Crippen LogP contribution in [0, 0.1) is 11.3 Å². The highest BCUT2D eigenvalue weighted by atomic mass is 79.9. The van der Waals surface area contributed by atoms with E-state index in [1.807, 2.05) is 25.1 Å². The molecule has 0 aliphatic rings. The van der Waals surface area contributed by atoms with Crippen LogP contribution in [0.25, 0.3) is 0 Å². The van der Waals surface area contributed by atoms with Crippen LogP contribution in [0.4, 0.5) is 11.5 Å². The second kappa shape index (κ2) is 5.61. The van der Waals surface area contributed by atoms with Crippen molar-refractivity contribution in [3.63, 3.8) is 0 Å². The Morgan fingerprint density at radius 2 is 2.11 bits per heavy atom. The first kappa shape index (κ1) is 12.5. The predicted molar refractivity (Wildman–Crippen MR) is 73.5 cm³/mol. The van der Waals surface area contributed by atoms with Gasteiger partial charge in [0.1, 0.15) is 22.3 Å². The molecule has 2 aromatic rings. The van der Waals surface area contributed by atoms with Crippen LogP contribution in [0.3, 0.4) is 0 Å². The molecule has 0 atom stereocenters. The minimum atomic E-state index is 0.588. The molecule has 0 bridgehead atoms. The molecule has 0 aliphatic carbocycles. The molecule has 0 saturated carbocycles. The average molecular weight is 303 g/mol. The van der Waals surface area contributed by atoms with E-state index in [0.29, 0.717) is 11.4 Å². The number of aryl methyl sites for hydroxylation is 1. The molecule has 0 radical (unpaired) electrons. The van der Waals surface area contributed by atoms with Crippen molar-refractivity contribution in [1.29, 1.82) is 5.26 Å². The van der Waals surface area contributed by atoms with Crippen LogP contribution in [0.15, 0.2) is 34.9 Å². The van der Waals surface area contributed by atoms with Gasteiger partial charge in [-0.05, 0) is 28.1 Å². The molecule has 0 fully saturated rings. The van der Waals surface area contributed by atoms with E-state index in [1.54, 1.807) is 12.1 Å². The average Bonchev–Trinajstić information content (AvgIpc) is 2.38. The third-order valence-electron chi connectivity index (χ3n) is 2.37. The first-order valence-electron chi connectivity index (χ1n) is 5.52. The molecule has 0 aliphatic heterocycles. The van der Waals surface area contributed by atoms with Crippen LogP contribution in [0.5, 0.6) is 0 Å². The van der Waals surface area contributed by atoms with Crippen LogP contribution in [0.1, 0.15) is 18.3 Å². The number of hydrogen-bond donors (Lipinski definition) is 1. The Balaban J connectivity index is 2.34. The molecular formula is C13H11BrN4. The fourth-order valence-electron chi connectivity index (χ4n) is 1.51. The molecule has 0 unspecified atom stereocenters. The van der Waals surface area contributed by atoms with Crippen molar-refractivity contribution >= 4 is 27.4 Å². The van der Waals surface area contributed by atoms with Crippen molar-refractivity contribution in [2.75, 3.05) is 5.32 Å². The third-order valence-corrected chi connectivity index (χ3v) is 2.77. The Bertz CT molecular complexity index is 604. The number of nitrogens with zero attached hydrogens (tertiary/aromatic N) is 3. The van der Waals surface area contributed by atoms with E-state index in [2.05, 4.69) is 37.3 Å². The topological polar surface area (TPSA) is 61.6 Å². The quantitative estimate of drug-likeness (QED) is 0.883. The molecule has 2 rings (SSSR count). The van der Waals surface area contributed by atoms with E-state index in [4.69, 9.17) is 5.26 Å². The first-order chi connectivity index (χ1) is 8.72. The number of rotatable bonds is 3. The molecule has 5 heteroatoms. The van der Waals surface area contributed by atoms with Gasteiger partial charge in [0.25, 0.3) is 0 Å². The zero-order valence-electron chi connectivity index (χ0n) is 9.81. The number of anilines is 2. The number of hydrogen-bond acceptors (Lipinski definition) is 4. The standard InChI is InChI=1S/C13H11BrN4/c1-2-12-17-11(14)7-13(18-12)16-10-6-4-3-5-9(10)8-15/h3-7H,2H2,1H3,(H,16,17,18). The summed E-state index contributed by atoms with van der Waals surface area (Å²) in [5, 5.41) is 12.2. The largest absolute Gasteiger partial charge is 0.339 e. The zero-order valence-corrected chi connectivity index (χ0v) is 11.4. The van der Waals surface area contributed by atoms with Gasteiger partial charge in [-0.15, -0.1) is 0 Å². The Morgan fingerprint density at radius 1 is 1.33 bits per heavy atom. The van der Waals surface area contributed by atoms with Crippen molar-refractivity contribution in [3.8, 4) is 6.07 Å². The van der Waals surface area contributed by atoms with E-state index >= 15 is 0 Å². The number of halogens is 1. The van der Waals surface area contributed by atoms with Crippen molar-refractivity contribution in [1.82, 2.24) is 9.97 Å². The van der Waals surface area contributed by atoms with E-state index in [-0.39, 0.29) is 0 Å². The third kappa shape index (κ3) is 2.84. The summed E-state index contributed by atoms with van der Waals surface area (Å²) < 4.78 is 0.728. The van der Waals surface area contributed by atoms with Gasteiger partial charge >= 0.3 is 0 Å². The van der Waals surface area contributed by atoms with Gasteiger partial charge in [0, 0.05) is 12.5 Å². The maximum absolute atomic E-state index is 9.02. The normalized spacial score (nSPS) is 9.83. The zero-order chi connectivity index (χ0) is 13.0. The Labute approximate surface area is 114 Å². The Morgan fingerprint density at radius 3 is 2.83 bits per heavy atom. The summed E-state index contributed by atoms with van der Waals surface area (Å²) in [6.07, 6.45) is 0.758. The summed E-state index contributed by atoms with van der Waals surface area (Å²) in [7, 11) is 0. The second-order valence-corrected chi connectivity index (χ2v) is 4.44. The smallest absolute Gasteiger partial charge is 0.135 e. The van der Waals surface area contributed by atoms with Crippen molar-refractivity contribution in [3.05, 3.63) is 46.3 Å². The minimum Gasteiger partial charge on any atom is -0.339 e. The molecule has 1 aromatic carbocycles. The fraction of sp³-hybridized carbons (Fsp3) is 0.154. The summed E-state index contributed by atoms with van der Waals surface area (Å²) in [5.74, 6) is 1.43. The SMILES string of the molecule is CCc1nc(Br)cc(Nc2ccccc2C#N)n1. The summed E-state index contributed by atoms with van der Waals surface area (Å²) in [4.78, 5) is 8.60. The van der Waals surface area contributed by atoms with E-state index in [0.717, 1.165) is 22.5 Å². The molecule has 0 saturated heterocycles. The van der Waals surface area contributed by atoms with Crippen LogP contribution < -0.4 is 5.32 Å². The molecule has 18 heavy (non-hydrogen) atoms. The predicted octanol–water partition coefficient (Wildman–Crippen LogP) is 3.42. The van der Waals surface area contributed by atoms with Gasteiger partial charge in [-0.3, -0.25) is 0 Å². The highest BCUT2D eigenvalue weighted by Crippen LogP contribution is 2.20. The summed E-state index contributed by atoms with van der Waals surface area (Å²) in [5.41, 5.74) is 1.33. The molecule has 1 heterocycles. The minimum absolute atomic E-state index is 0.588. The number of para-hydroxylation sites is 1. The number of nitriles is 1. The summed E-state index contributed by atoms with van der Waals surface area (Å²) in [6, 6.07) is 11.2. The van der Waals surface area contributed by atoms with Crippen molar-refractivity contribution in [2.45, 2.75) is 13.3 Å². The maximum Gasteiger partial charge on any atom is 0.135 e.